The quantitative estimate of drug-likeness (QED) is 0.773. The Morgan fingerprint density at radius 2 is 1.95 bits per heavy atom. The lowest BCUT2D eigenvalue weighted by atomic mass is 9.98. The number of rotatable bonds is 5. The standard InChI is InChI=1S/C16H24ClNO2/c1-12-6-8-18(9-7-12)11-15(17)14-10-13(19-2)4-5-16(14)20-3/h4-5,10,12,15H,6-9,11H2,1-3H3. The summed E-state index contributed by atoms with van der Waals surface area (Å²) in [5.74, 6) is 2.49. The lowest BCUT2D eigenvalue weighted by molar-refractivity contribution is 0.192. The number of nitrogens with zero attached hydrogens (tertiary/aromatic N) is 1. The molecule has 2 rings (SSSR count). The third kappa shape index (κ3) is 3.80. The molecule has 112 valence electrons. The van der Waals surface area contributed by atoms with Crippen molar-refractivity contribution in [3.8, 4) is 11.5 Å². The van der Waals surface area contributed by atoms with Gasteiger partial charge in [0.25, 0.3) is 0 Å². The molecule has 1 unspecified atom stereocenters. The Kier molecular flexibility index (Phi) is 5.55. The van der Waals surface area contributed by atoms with Crippen LogP contribution in [0.5, 0.6) is 11.5 Å². The zero-order valence-corrected chi connectivity index (χ0v) is 13.3. The number of benzene rings is 1. The summed E-state index contributed by atoms with van der Waals surface area (Å²) >= 11 is 6.61. The van der Waals surface area contributed by atoms with Crippen LogP contribution >= 0.6 is 11.6 Å². The molecule has 1 heterocycles. The maximum atomic E-state index is 6.61. The summed E-state index contributed by atoms with van der Waals surface area (Å²) < 4.78 is 10.7. The number of ether oxygens (including phenoxy) is 2. The second kappa shape index (κ2) is 7.19. The SMILES string of the molecule is COc1ccc(OC)c(C(Cl)CN2CCC(C)CC2)c1. The van der Waals surface area contributed by atoms with E-state index in [2.05, 4.69) is 11.8 Å². The van der Waals surface area contributed by atoms with E-state index in [9.17, 15) is 0 Å². The lowest BCUT2D eigenvalue weighted by Gasteiger charge is -2.31. The van der Waals surface area contributed by atoms with E-state index in [1.54, 1.807) is 14.2 Å². The largest absolute Gasteiger partial charge is 0.497 e. The molecule has 0 saturated carbocycles. The molecular formula is C16H24ClNO2. The van der Waals surface area contributed by atoms with Crippen molar-refractivity contribution in [2.24, 2.45) is 5.92 Å². The third-order valence-electron chi connectivity index (χ3n) is 4.07. The number of methoxy groups -OCH3 is 2. The third-order valence-corrected chi connectivity index (χ3v) is 4.44. The van der Waals surface area contributed by atoms with Gasteiger partial charge in [0.15, 0.2) is 0 Å². The van der Waals surface area contributed by atoms with Gasteiger partial charge in [0.1, 0.15) is 11.5 Å². The van der Waals surface area contributed by atoms with Gasteiger partial charge in [0.05, 0.1) is 19.6 Å². The summed E-state index contributed by atoms with van der Waals surface area (Å²) in [5, 5.41) is -0.0755. The molecular weight excluding hydrogens is 274 g/mol. The molecule has 1 saturated heterocycles. The van der Waals surface area contributed by atoms with Crippen molar-refractivity contribution in [1.82, 2.24) is 4.90 Å². The molecule has 1 aromatic rings. The van der Waals surface area contributed by atoms with Crippen molar-refractivity contribution >= 4 is 11.6 Å². The summed E-state index contributed by atoms with van der Waals surface area (Å²) in [6.07, 6.45) is 2.53. The smallest absolute Gasteiger partial charge is 0.123 e. The summed E-state index contributed by atoms with van der Waals surface area (Å²) in [5.41, 5.74) is 1.01. The Morgan fingerprint density at radius 3 is 2.55 bits per heavy atom. The van der Waals surface area contributed by atoms with E-state index in [0.717, 1.165) is 42.6 Å². The van der Waals surface area contributed by atoms with Gasteiger partial charge in [-0.3, -0.25) is 0 Å². The van der Waals surface area contributed by atoms with Crippen LogP contribution in [-0.4, -0.2) is 38.8 Å². The number of alkyl halides is 1. The minimum Gasteiger partial charge on any atom is -0.497 e. The van der Waals surface area contributed by atoms with Crippen LogP contribution in [0.2, 0.25) is 0 Å². The maximum Gasteiger partial charge on any atom is 0.123 e. The minimum absolute atomic E-state index is 0.0755. The molecule has 0 amide bonds. The Hall–Kier alpha value is -0.930. The first kappa shape index (κ1) is 15.5. The van der Waals surface area contributed by atoms with Crippen molar-refractivity contribution in [1.29, 1.82) is 0 Å². The van der Waals surface area contributed by atoms with Crippen molar-refractivity contribution in [3.05, 3.63) is 23.8 Å². The van der Waals surface area contributed by atoms with Crippen LogP contribution in [0.3, 0.4) is 0 Å². The Balaban J connectivity index is 2.05. The number of hydrogen-bond acceptors (Lipinski definition) is 3. The number of likely N-dealkylation sites (tertiary alicyclic amines) is 1. The normalized spacial score (nSPS) is 18.8. The van der Waals surface area contributed by atoms with Gasteiger partial charge in [0, 0.05) is 12.1 Å². The van der Waals surface area contributed by atoms with Crippen molar-refractivity contribution in [2.75, 3.05) is 33.9 Å². The van der Waals surface area contributed by atoms with Gasteiger partial charge in [-0.05, 0) is 50.0 Å². The monoisotopic (exact) mass is 297 g/mol. The van der Waals surface area contributed by atoms with Crippen LogP contribution in [-0.2, 0) is 0 Å². The van der Waals surface area contributed by atoms with E-state index in [1.807, 2.05) is 18.2 Å². The molecule has 3 nitrogen and oxygen atoms in total. The van der Waals surface area contributed by atoms with Crippen molar-refractivity contribution in [3.63, 3.8) is 0 Å². The van der Waals surface area contributed by atoms with Gasteiger partial charge < -0.3 is 14.4 Å². The highest BCUT2D eigenvalue weighted by Crippen LogP contribution is 2.34. The van der Waals surface area contributed by atoms with E-state index in [1.165, 1.54) is 12.8 Å². The molecule has 20 heavy (non-hydrogen) atoms. The summed E-state index contributed by atoms with van der Waals surface area (Å²) in [4.78, 5) is 2.44. The van der Waals surface area contributed by atoms with Crippen LogP contribution in [0.25, 0.3) is 0 Å². The lowest BCUT2D eigenvalue weighted by Crippen LogP contribution is -2.35. The molecule has 1 aliphatic heterocycles. The summed E-state index contributed by atoms with van der Waals surface area (Å²) in [6, 6.07) is 5.79. The van der Waals surface area contributed by atoms with Crippen LogP contribution in [0.15, 0.2) is 18.2 Å². The second-order valence-electron chi connectivity index (χ2n) is 5.56. The number of halogens is 1. The van der Waals surface area contributed by atoms with Crippen LogP contribution in [0.1, 0.15) is 30.7 Å². The Morgan fingerprint density at radius 1 is 1.25 bits per heavy atom. The van der Waals surface area contributed by atoms with E-state index in [4.69, 9.17) is 21.1 Å². The Bertz CT molecular complexity index is 430. The molecule has 1 atom stereocenters. The van der Waals surface area contributed by atoms with Crippen LogP contribution in [0, 0.1) is 5.92 Å². The first-order chi connectivity index (χ1) is 9.63. The first-order valence-electron chi connectivity index (χ1n) is 7.22. The van der Waals surface area contributed by atoms with Gasteiger partial charge >= 0.3 is 0 Å². The average molecular weight is 298 g/mol. The summed E-state index contributed by atoms with van der Waals surface area (Å²) in [6.45, 7) is 5.45. The van der Waals surface area contributed by atoms with Gasteiger partial charge in [-0.2, -0.15) is 0 Å². The van der Waals surface area contributed by atoms with Crippen molar-refractivity contribution in [2.45, 2.75) is 25.1 Å². The number of hydrogen-bond donors (Lipinski definition) is 0. The molecule has 1 fully saturated rings. The molecule has 0 radical (unpaired) electrons. The fraction of sp³-hybridized carbons (Fsp3) is 0.625. The van der Waals surface area contributed by atoms with E-state index in [-0.39, 0.29) is 5.38 Å². The van der Waals surface area contributed by atoms with Gasteiger partial charge in [-0.15, -0.1) is 11.6 Å². The summed E-state index contributed by atoms with van der Waals surface area (Å²) in [7, 11) is 3.35. The average Bonchev–Trinajstić information content (AvgIpc) is 2.48. The maximum absolute atomic E-state index is 6.61. The van der Waals surface area contributed by atoms with E-state index < -0.39 is 0 Å². The second-order valence-corrected chi connectivity index (χ2v) is 6.09. The van der Waals surface area contributed by atoms with E-state index in [0.29, 0.717) is 0 Å². The van der Waals surface area contributed by atoms with Gasteiger partial charge in [-0.1, -0.05) is 6.92 Å². The Labute approximate surface area is 126 Å². The highest BCUT2D eigenvalue weighted by atomic mass is 35.5. The molecule has 0 spiro atoms. The molecule has 0 N–H and O–H groups in total. The van der Waals surface area contributed by atoms with Crippen molar-refractivity contribution < 1.29 is 9.47 Å². The zero-order valence-electron chi connectivity index (χ0n) is 12.6. The van der Waals surface area contributed by atoms with Gasteiger partial charge in [0.2, 0.25) is 0 Å². The number of piperidine rings is 1. The molecule has 0 aliphatic carbocycles. The molecule has 1 aliphatic rings. The fourth-order valence-electron chi connectivity index (χ4n) is 2.65. The van der Waals surface area contributed by atoms with Gasteiger partial charge in [-0.25, -0.2) is 0 Å². The fourth-order valence-corrected chi connectivity index (χ4v) is 3.02. The zero-order chi connectivity index (χ0) is 14.5. The van der Waals surface area contributed by atoms with Crippen LogP contribution < -0.4 is 9.47 Å². The highest BCUT2D eigenvalue weighted by molar-refractivity contribution is 6.21. The molecule has 1 aromatic carbocycles. The highest BCUT2D eigenvalue weighted by Gasteiger charge is 2.21. The molecule has 0 bridgehead atoms. The first-order valence-corrected chi connectivity index (χ1v) is 7.66. The predicted octanol–water partition coefficient (Wildman–Crippen LogP) is 3.72. The van der Waals surface area contributed by atoms with Crippen LogP contribution in [0.4, 0.5) is 0 Å². The molecule has 0 aromatic heterocycles. The van der Waals surface area contributed by atoms with E-state index >= 15 is 0 Å². The topological polar surface area (TPSA) is 21.7 Å². The molecule has 4 heteroatoms. The predicted molar refractivity (Wildman–Crippen MR) is 83.0 cm³/mol. The minimum atomic E-state index is -0.0755.